The zero-order valence-corrected chi connectivity index (χ0v) is 19.3. The molecule has 6 heteroatoms. The van der Waals surface area contributed by atoms with Gasteiger partial charge in [-0.15, -0.1) is 11.6 Å². The second kappa shape index (κ2) is 10.2. The van der Waals surface area contributed by atoms with Crippen molar-refractivity contribution in [1.82, 2.24) is 5.01 Å². The molecule has 2 unspecified atom stereocenters. The van der Waals surface area contributed by atoms with Gasteiger partial charge in [0.05, 0.1) is 25.0 Å². The summed E-state index contributed by atoms with van der Waals surface area (Å²) in [5, 5.41) is 6.41. The average Bonchev–Trinajstić information content (AvgIpc) is 3.21. The van der Waals surface area contributed by atoms with Gasteiger partial charge in [0, 0.05) is 5.92 Å². The van der Waals surface area contributed by atoms with Gasteiger partial charge in [-0.3, -0.25) is 4.79 Å². The molecule has 0 bridgehead atoms. The first-order valence-electron chi connectivity index (χ1n) is 11.3. The van der Waals surface area contributed by atoms with E-state index in [0.29, 0.717) is 13.2 Å². The zero-order valence-electron chi connectivity index (χ0n) is 18.6. The number of hydrazone groups is 1. The van der Waals surface area contributed by atoms with Crippen molar-refractivity contribution in [2.75, 3.05) is 19.1 Å². The van der Waals surface area contributed by atoms with E-state index in [1.54, 1.807) is 5.01 Å². The third-order valence-electron chi connectivity index (χ3n) is 5.94. The van der Waals surface area contributed by atoms with E-state index in [1.165, 1.54) is 5.57 Å². The Kier molecular flexibility index (Phi) is 7.15. The lowest BCUT2D eigenvalue weighted by atomic mass is 9.77. The summed E-state index contributed by atoms with van der Waals surface area (Å²) in [6.45, 7) is 5.21. The molecule has 0 aromatic heterocycles. The molecule has 2 atom stereocenters. The molecule has 1 amide bonds. The Labute approximate surface area is 194 Å². The van der Waals surface area contributed by atoms with E-state index >= 15 is 0 Å². The molecule has 1 aliphatic heterocycles. The summed E-state index contributed by atoms with van der Waals surface area (Å²) in [6.07, 6.45) is 5.18. The van der Waals surface area contributed by atoms with Crippen molar-refractivity contribution in [3.8, 4) is 11.5 Å². The Hall–Kier alpha value is -2.79. The Balaban J connectivity index is 1.65. The third-order valence-corrected chi connectivity index (χ3v) is 6.16. The van der Waals surface area contributed by atoms with Crippen LogP contribution in [-0.4, -0.2) is 35.7 Å². The molecule has 0 radical (unpaired) electrons. The number of fused-ring (bicyclic) bond motifs is 1. The number of benzene rings is 2. The van der Waals surface area contributed by atoms with Crippen LogP contribution in [0.25, 0.3) is 6.08 Å². The highest BCUT2D eigenvalue weighted by atomic mass is 35.5. The molecule has 1 fully saturated rings. The first kappa shape index (κ1) is 22.4. The maximum Gasteiger partial charge on any atom is 0.258 e. The molecule has 2 aromatic carbocycles. The van der Waals surface area contributed by atoms with Gasteiger partial charge in [-0.05, 0) is 80.2 Å². The quantitative estimate of drug-likeness (QED) is 0.495. The second-order valence-electron chi connectivity index (χ2n) is 7.97. The van der Waals surface area contributed by atoms with Crippen LogP contribution in [0.3, 0.4) is 0 Å². The molecule has 0 N–H and O–H groups in total. The molecule has 1 heterocycles. The SMILES string of the molecule is CCOc1ccc(/C=C2/CCCC3C2=NN(C(=O)CCl)C3c2ccc(OCC)cc2)cc1. The van der Waals surface area contributed by atoms with E-state index in [0.717, 1.165) is 47.6 Å². The normalized spacial score (nSPS) is 21.3. The van der Waals surface area contributed by atoms with E-state index < -0.39 is 0 Å². The molecule has 5 nitrogen and oxygen atoms in total. The topological polar surface area (TPSA) is 51.1 Å². The van der Waals surface area contributed by atoms with Crippen molar-refractivity contribution in [1.29, 1.82) is 0 Å². The fourth-order valence-corrected chi connectivity index (χ4v) is 4.68. The molecule has 4 rings (SSSR count). The highest BCUT2D eigenvalue weighted by molar-refractivity contribution is 6.27. The summed E-state index contributed by atoms with van der Waals surface area (Å²) >= 11 is 5.95. The standard InChI is InChI=1S/C26H29ClN2O3/c1-3-31-21-12-8-18(9-13-21)16-20-6-5-7-23-25(20)28-29(24(30)17-27)26(23)19-10-14-22(15-11-19)32-4-2/h8-16,23,26H,3-7,17H2,1-2H3/b20-16-. The van der Waals surface area contributed by atoms with Crippen LogP contribution >= 0.6 is 11.6 Å². The Morgan fingerprint density at radius 1 is 1.06 bits per heavy atom. The molecule has 0 spiro atoms. The molecule has 32 heavy (non-hydrogen) atoms. The number of hydrogen-bond acceptors (Lipinski definition) is 4. The number of rotatable bonds is 7. The van der Waals surface area contributed by atoms with Crippen molar-refractivity contribution in [3.05, 3.63) is 65.2 Å². The monoisotopic (exact) mass is 452 g/mol. The van der Waals surface area contributed by atoms with Crippen molar-refractivity contribution in [3.63, 3.8) is 0 Å². The highest BCUT2D eigenvalue weighted by Gasteiger charge is 2.43. The molecule has 1 aliphatic carbocycles. The minimum Gasteiger partial charge on any atom is -0.494 e. The highest BCUT2D eigenvalue weighted by Crippen LogP contribution is 2.44. The summed E-state index contributed by atoms with van der Waals surface area (Å²) in [5.41, 5.74) is 4.35. The summed E-state index contributed by atoms with van der Waals surface area (Å²) in [4.78, 5) is 12.7. The second-order valence-corrected chi connectivity index (χ2v) is 8.24. The molecule has 2 aromatic rings. The van der Waals surface area contributed by atoms with Gasteiger partial charge in [-0.1, -0.05) is 24.3 Å². The average molecular weight is 453 g/mol. The van der Waals surface area contributed by atoms with Crippen LogP contribution in [0, 0.1) is 5.92 Å². The van der Waals surface area contributed by atoms with Gasteiger partial charge in [-0.25, -0.2) is 5.01 Å². The van der Waals surface area contributed by atoms with E-state index in [9.17, 15) is 4.79 Å². The van der Waals surface area contributed by atoms with Gasteiger partial charge in [0.25, 0.3) is 5.91 Å². The number of amides is 1. The van der Waals surface area contributed by atoms with E-state index in [1.807, 2.05) is 50.2 Å². The molecular formula is C26H29ClN2O3. The van der Waals surface area contributed by atoms with Crippen molar-refractivity contribution < 1.29 is 14.3 Å². The first-order chi connectivity index (χ1) is 15.6. The van der Waals surface area contributed by atoms with Crippen molar-refractivity contribution >= 4 is 29.3 Å². The number of hydrogen-bond donors (Lipinski definition) is 0. The van der Waals surface area contributed by atoms with Gasteiger partial charge in [0.1, 0.15) is 17.4 Å². The van der Waals surface area contributed by atoms with E-state index in [2.05, 4.69) is 18.2 Å². The lowest BCUT2D eigenvalue weighted by Gasteiger charge is -2.29. The Morgan fingerprint density at radius 3 is 2.28 bits per heavy atom. The van der Waals surface area contributed by atoms with Crippen LogP contribution < -0.4 is 9.47 Å². The lowest BCUT2D eigenvalue weighted by molar-refractivity contribution is -0.130. The van der Waals surface area contributed by atoms with Crippen molar-refractivity contribution in [2.45, 2.75) is 39.2 Å². The summed E-state index contributed by atoms with van der Waals surface area (Å²) in [6, 6.07) is 15.9. The van der Waals surface area contributed by atoms with E-state index in [4.69, 9.17) is 26.2 Å². The number of carbonyl (C=O) groups is 1. The van der Waals surface area contributed by atoms with Gasteiger partial charge in [0.2, 0.25) is 0 Å². The molecule has 1 saturated carbocycles. The van der Waals surface area contributed by atoms with E-state index in [-0.39, 0.29) is 23.7 Å². The van der Waals surface area contributed by atoms with Gasteiger partial charge >= 0.3 is 0 Å². The maximum absolute atomic E-state index is 12.7. The fraction of sp³-hybridized carbons (Fsp3) is 0.385. The largest absolute Gasteiger partial charge is 0.494 e. The Bertz CT molecular complexity index is 999. The molecule has 0 saturated heterocycles. The van der Waals surface area contributed by atoms with Crippen LogP contribution in [0.5, 0.6) is 11.5 Å². The molecular weight excluding hydrogens is 424 g/mol. The maximum atomic E-state index is 12.7. The van der Waals surface area contributed by atoms with Crippen LogP contribution in [0.2, 0.25) is 0 Å². The molecule has 2 aliphatic rings. The predicted octanol–water partition coefficient (Wildman–Crippen LogP) is 5.85. The van der Waals surface area contributed by atoms with Crippen LogP contribution in [0.4, 0.5) is 0 Å². The number of allylic oxidation sites excluding steroid dienone is 1. The fourth-order valence-electron chi connectivity index (χ4n) is 4.56. The van der Waals surface area contributed by atoms with Gasteiger partial charge < -0.3 is 9.47 Å². The number of ether oxygens (including phenoxy) is 2. The first-order valence-corrected chi connectivity index (χ1v) is 11.8. The summed E-state index contributed by atoms with van der Waals surface area (Å²) in [5.74, 6) is 1.58. The zero-order chi connectivity index (χ0) is 22.5. The van der Waals surface area contributed by atoms with Gasteiger partial charge in [-0.2, -0.15) is 5.10 Å². The lowest BCUT2D eigenvalue weighted by Crippen LogP contribution is -2.32. The predicted molar refractivity (Wildman–Crippen MR) is 128 cm³/mol. The van der Waals surface area contributed by atoms with Crippen LogP contribution in [-0.2, 0) is 4.79 Å². The van der Waals surface area contributed by atoms with Gasteiger partial charge in [0.15, 0.2) is 0 Å². The smallest absolute Gasteiger partial charge is 0.258 e. The number of alkyl halides is 1. The molecule has 168 valence electrons. The Morgan fingerprint density at radius 2 is 1.69 bits per heavy atom. The van der Waals surface area contributed by atoms with Crippen LogP contribution in [0.1, 0.15) is 50.3 Å². The minimum absolute atomic E-state index is 0.0883. The third kappa shape index (κ3) is 4.68. The number of carbonyl (C=O) groups excluding carboxylic acids is 1. The number of halogens is 1. The summed E-state index contributed by atoms with van der Waals surface area (Å²) in [7, 11) is 0. The number of nitrogens with zero attached hydrogens (tertiary/aromatic N) is 2. The van der Waals surface area contributed by atoms with Crippen molar-refractivity contribution in [2.24, 2.45) is 11.0 Å². The summed E-state index contributed by atoms with van der Waals surface area (Å²) < 4.78 is 11.1. The van der Waals surface area contributed by atoms with Crippen LogP contribution in [0.15, 0.2) is 59.2 Å². The minimum atomic E-state index is -0.173.